The van der Waals surface area contributed by atoms with Crippen LogP contribution >= 0.6 is 0 Å². The van der Waals surface area contributed by atoms with Crippen molar-refractivity contribution < 1.29 is 23.1 Å². The van der Waals surface area contributed by atoms with Crippen LogP contribution in [0.5, 0.6) is 0 Å². The Balaban J connectivity index is 2.20. The third-order valence-corrected chi connectivity index (χ3v) is 6.60. The largest absolute Gasteiger partial charge is 0.478 e. The molecule has 0 aliphatic carbocycles. The molecule has 0 spiro atoms. The second-order valence-corrected chi connectivity index (χ2v) is 9.90. The second-order valence-electron chi connectivity index (χ2n) is 7.16. The summed E-state index contributed by atoms with van der Waals surface area (Å²) in [5.74, 6) is -1.75. The molecule has 27 heavy (non-hydrogen) atoms. The lowest BCUT2D eigenvalue weighted by molar-refractivity contribution is 0.0695. The van der Waals surface area contributed by atoms with Crippen molar-refractivity contribution in [3.63, 3.8) is 0 Å². The molecule has 8 heteroatoms. The molecule has 1 heterocycles. The summed E-state index contributed by atoms with van der Waals surface area (Å²) in [7, 11) is -3.35. The smallest absolute Gasteiger partial charge is 0.337 e. The molecule has 0 saturated heterocycles. The Kier molecular flexibility index (Phi) is 5.70. The first-order chi connectivity index (χ1) is 12.4. The predicted octanol–water partition coefficient (Wildman–Crippen LogP) is 3.05. The average Bonchev–Trinajstić information content (AvgIpc) is 2.53. The van der Waals surface area contributed by atoms with E-state index in [0.717, 1.165) is 0 Å². The number of aromatic nitrogens is 1. The molecule has 0 atom stereocenters. The van der Waals surface area contributed by atoms with Crippen LogP contribution in [0.4, 0.5) is 5.69 Å². The van der Waals surface area contributed by atoms with Crippen molar-refractivity contribution in [3.8, 4) is 0 Å². The monoisotopic (exact) mass is 390 g/mol. The minimum Gasteiger partial charge on any atom is -0.478 e. The number of carboxylic acids is 1. The van der Waals surface area contributed by atoms with E-state index in [4.69, 9.17) is 5.11 Å². The molecular formula is C19H22N2O5S. The van der Waals surface area contributed by atoms with E-state index in [9.17, 15) is 18.0 Å². The minimum atomic E-state index is -3.35. The summed E-state index contributed by atoms with van der Waals surface area (Å²) in [6.45, 7) is 6.44. The topological polar surface area (TPSA) is 113 Å². The lowest BCUT2D eigenvalue weighted by Crippen LogP contribution is -2.29. The molecule has 0 radical (unpaired) electrons. The number of carbonyl (C=O) groups excluding carboxylic acids is 1. The molecular weight excluding hydrogens is 368 g/mol. The number of amides is 1. The van der Waals surface area contributed by atoms with Gasteiger partial charge < -0.3 is 10.4 Å². The number of benzene rings is 1. The van der Waals surface area contributed by atoms with Crippen LogP contribution in [-0.4, -0.2) is 35.1 Å². The van der Waals surface area contributed by atoms with E-state index in [0.29, 0.717) is 11.3 Å². The lowest BCUT2D eigenvalue weighted by atomic mass is 10.1. The molecule has 0 bridgehead atoms. The Morgan fingerprint density at radius 2 is 1.81 bits per heavy atom. The molecule has 7 nitrogen and oxygen atoms in total. The first-order valence-electron chi connectivity index (χ1n) is 8.24. The minimum absolute atomic E-state index is 0.0286. The summed E-state index contributed by atoms with van der Waals surface area (Å²) in [5.41, 5.74) is 1.34. The maximum Gasteiger partial charge on any atom is 0.337 e. The molecule has 1 amide bonds. The van der Waals surface area contributed by atoms with E-state index in [2.05, 4.69) is 10.3 Å². The highest BCUT2D eigenvalue weighted by molar-refractivity contribution is 7.91. The van der Waals surface area contributed by atoms with Gasteiger partial charge in [-0.15, -0.1) is 0 Å². The van der Waals surface area contributed by atoms with Crippen LogP contribution in [0.25, 0.3) is 0 Å². The van der Waals surface area contributed by atoms with Crippen molar-refractivity contribution in [1.29, 1.82) is 0 Å². The van der Waals surface area contributed by atoms with Crippen LogP contribution in [0.1, 0.15) is 52.9 Å². The first-order valence-corrected chi connectivity index (χ1v) is 9.89. The molecule has 0 unspecified atom stereocenters. The third-order valence-electron chi connectivity index (χ3n) is 4.02. The number of aromatic carboxylic acids is 1. The van der Waals surface area contributed by atoms with Crippen LogP contribution in [-0.2, 0) is 15.6 Å². The Labute approximate surface area is 158 Å². The van der Waals surface area contributed by atoms with Crippen molar-refractivity contribution >= 4 is 27.4 Å². The van der Waals surface area contributed by atoms with Crippen molar-refractivity contribution in [2.45, 2.75) is 38.2 Å². The molecule has 0 aliphatic rings. The number of aryl methyl sites for hydroxylation is 1. The van der Waals surface area contributed by atoms with Crippen molar-refractivity contribution in [2.24, 2.45) is 0 Å². The summed E-state index contributed by atoms with van der Waals surface area (Å²) >= 11 is 0. The summed E-state index contributed by atoms with van der Waals surface area (Å²) in [4.78, 5) is 27.4. The number of hydrogen-bond acceptors (Lipinski definition) is 5. The fourth-order valence-corrected chi connectivity index (χ4v) is 3.33. The van der Waals surface area contributed by atoms with Crippen LogP contribution in [0.15, 0.2) is 36.4 Å². The maximum absolute atomic E-state index is 12.4. The van der Waals surface area contributed by atoms with Gasteiger partial charge in [0.2, 0.25) is 0 Å². The number of pyridine rings is 1. The predicted molar refractivity (Wildman–Crippen MR) is 103 cm³/mol. The number of rotatable bonds is 5. The van der Waals surface area contributed by atoms with Gasteiger partial charge in [0.1, 0.15) is 5.69 Å². The zero-order chi connectivity index (χ0) is 20.4. The lowest BCUT2D eigenvalue weighted by Gasteiger charge is -2.19. The number of nitrogens with zero attached hydrogens (tertiary/aromatic N) is 1. The van der Waals surface area contributed by atoms with Gasteiger partial charge in [-0.1, -0.05) is 12.1 Å². The standard InChI is InChI=1S/C19H22N2O5S/c1-12-15(18(23)24)8-9-16(20-12)17(22)21-14-7-5-6-13(10-14)11-27(25,26)19(2,3)4/h5-10H,11H2,1-4H3,(H,21,22)(H,23,24). The van der Waals surface area contributed by atoms with Gasteiger partial charge in [-0.3, -0.25) is 4.79 Å². The van der Waals surface area contributed by atoms with E-state index < -0.39 is 26.5 Å². The summed E-state index contributed by atoms with van der Waals surface area (Å²) < 4.78 is 23.8. The quantitative estimate of drug-likeness (QED) is 0.811. The van der Waals surface area contributed by atoms with Gasteiger partial charge in [-0.05, 0) is 57.5 Å². The van der Waals surface area contributed by atoms with Crippen LogP contribution < -0.4 is 5.32 Å². The SMILES string of the molecule is Cc1nc(C(=O)Nc2cccc(CS(=O)(=O)C(C)(C)C)c2)ccc1C(=O)O. The highest BCUT2D eigenvalue weighted by atomic mass is 32.2. The van der Waals surface area contributed by atoms with E-state index in [-0.39, 0.29) is 22.7 Å². The number of hydrogen-bond donors (Lipinski definition) is 2. The van der Waals surface area contributed by atoms with E-state index in [1.54, 1.807) is 45.0 Å². The molecule has 1 aromatic carbocycles. The van der Waals surface area contributed by atoms with E-state index >= 15 is 0 Å². The number of carboxylic acid groups (broad SMARTS) is 1. The second kappa shape index (κ2) is 7.48. The first kappa shape index (κ1) is 20.6. The highest BCUT2D eigenvalue weighted by Gasteiger charge is 2.29. The Morgan fingerprint density at radius 3 is 2.37 bits per heavy atom. The Bertz CT molecular complexity index is 991. The Morgan fingerprint density at radius 1 is 1.15 bits per heavy atom. The Hall–Kier alpha value is -2.74. The van der Waals surface area contributed by atoms with Gasteiger partial charge in [-0.25, -0.2) is 18.2 Å². The molecule has 144 valence electrons. The number of nitrogens with one attached hydrogen (secondary N) is 1. The molecule has 1 aromatic heterocycles. The normalized spacial score (nSPS) is 11.9. The van der Waals surface area contributed by atoms with Gasteiger partial charge in [0.05, 0.1) is 21.8 Å². The highest BCUT2D eigenvalue weighted by Crippen LogP contribution is 2.22. The maximum atomic E-state index is 12.4. The van der Waals surface area contributed by atoms with Crippen LogP contribution in [0, 0.1) is 6.92 Å². The van der Waals surface area contributed by atoms with Gasteiger partial charge in [0.15, 0.2) is 9.84 Å². The zero-order valence-corrected chi connectivity index (χ0v) is 16.4. The van der Waals surface area contributed by atoms with Crippen LogP contribution in [0.3, 0.4) is 0 Å². The van der Waals surface area contributed by atoms with Gasteiger partial charge in [0, 0.05) is 5.69 Å². The molecule has 0 fully saturated rings. The zero-order valence-electron chi connectivity index (χ0n) is 15.6. The molecule has 2 aromatic rings. The van der Waals surface area contributed by atoms with Crippen molar-refractivity contribution in [2.75, 3.05) is 5.32 Å². The van der Waals surface area contributed by atoms with E-state index in [1.807, 2.05) is 0 Å². The summed E-state index contributed by atoms with van der Waals surface area (Å²) in [6, 6.07) is 9.24. The molecule has 2 N–H and O–H groups in total. The van der Waals surface area contributed by atoms with Gasteiger partial charge in [-0.2, -0.15) is 0 Å². The number of sulfone groups is 1. The van der Waals surface area contributed by atoms with Gasteiger partial charge in [0.25, 0.3) is 5.91 Å². The average molecular weight is 390 g/mol. The van der Waals surface area contributed by atoms with Crippen molar-refractivity contribution in [3.05, 3.63) is 58.9 Å². The van der Waals surface area contributed by atoms with Crippen molar-refractivity contribution in [1.82, 2.24) is 4.98 Å². The fraction of sp³-hybridized carbons (Fsp3) is 0.316. The van der Waals surface area contributed by atoms with E-state index in [1.165, 1.54) is 19.1 Å². The molecule has 2 rings (SSSR count). The summed E-state index contributed by atoms with van der Waals surface area (Å²) in [6.07, 6.45) is 0. The number of anilines is 1. The van der Waals surface area contributed by atoms with Crippen LogP contribution in [0.2, 0.25) is 0 Å². The fourth-order valence-electron chi connectivity index (χ4n) is 2.28. The molecule has 0 saturated carbocycles. The third kappa shape index (κ3) is 4.91. The summed E-state index contributed by atoms with van der Waals surface area (Å²) in [5, 5.41) is 11.7. The van der Waals surface area contributed by atoms with Gasteiger partial charge >= 0.3 is 5.97 Å². The number of carbonyl (C=O) groups is 2. The molecule has 0 aliphatic heterocycles.